The highest BCUT2D eigenvalue weighted by Gasteiger charge is 2.35. The Balaban J connectivity index is 2.11. The molecular formula is C17H27BrN2O5. The molecule has 1 aromatic rings. The number of aromatic nitrogens is 2. The van der Waals surface area contributed by atoms with Gasteiger partial charge in [0, 0.05) is 30.1 Å². The zero-order chi connectivity index (χ0) is 18.4. The number of aliphatic hydroxyl groups is 2. The molecule has 3 atom stereocenters. The fourth-order valence-electron chi connectivity index (χ4n) is 3.11. The van der Waals surface area contributed by atoms with Gasteiger partial charge in [0.1, 0.15) is 12.3 Å². The first-order valence-electron chi connectivity index (χ1n) is 8.82. The molecule has 2 rings (SSSR count). The molecule has 2 heterocycles. The Labute approximate surface area is 155 Å². The van der Waals surface area contributed by atoms with Crippen LogP contribution in [-0.2, 0) is 11.3 Å². The lowest BCUT2D eigenvalue weighted by Gasteiger charge is -2.17. The molecule has 2 N–H and O–H groups in total. The van der Waals surface area contributed by atoms with Crippen molar-refractivity contribution in [3.63, 3.8) is 0 Å². The van der Waals surface area contributed by atoms with E-state index in [1.807, 2.05) is 0 Å². The summed E-state index contributed by atoms with van der Waals surface area (Å²) >= 11 is 3.40. The summed E-state index contributed by atoms with van der Waals surface area (Å²) in [6.07, 6.45) is 4.60. The Kier molecular flexibility index (Phi) is 7.86. The molecule has 1 aromatic heterocycles. The summed E-state index contributed by atoms with van der Waals surface area (Å²) in [7, 11) is 0. The molecule has 8 heteroatoms. The molecule has 142 valence electrons. The van der Waals surface area contributed by atoms with Crippen LogP contribution in [0.15, 0.2) is 15.8 Å². The topological polar surface area (TPSA) is 93.7 Å². The van der Waals surface area contributed by atoms with Gasteiger partial charge in [-0.3, -0.25) is 13.9 Å². The monoisotopic (exact) mass is 418 g/mol. The Morgan fingerprint density at radius 2 is 1.92 bits per heavy atom. The predicted molar refractivity (Wildman–Crippen MR) is 98.2 cm³/mol. The van der Waals surface area contributed by atoms with Gasteiger partial charge in [-0.25, -0.2) is 4.79 Å². The summed E-state index contributed by atoms with van der Waals surface area (Å²) in [5.41, 5.74) is -0.241. The van der Waals surface area contributed by atoms with Crippen LogP contribution in [0.4, 0.5) is 0 Å². The SMILES string of the molecule is Cc1cn(C2CC(O)C(CO)O2)c(=O)n(CCCCCCCBr)c1=O. The molecule has 1 aliphatic heterocycles. The maximum absolute atomic E-state index is 12.7. The van der Waals surface area contributed by atoms with Gasteiger partial charge in [0.05, 0.1) is 12.7 Å². The van der Waals surface area contributed by atoms with Crippen LogP contribution < -0.4 is 11.2 Å². The standard InChI is InChI=1S/C17H27BrN2O5/c1-12-10-20(15-9-13(22)14(11-21)25-15)17(24)19(16(12)23)8-6-4-2-3-5-7-18/h10,13-15,21-22H,2-9,11H2,1H3. The fraction of sp³-hybridized carbons (Fsp3) is 0.765. The zero-order valence-corrected chi connectivity index (χ0v) is 16.2. The van der Waals surface area contributed by atoms with Crippen molar-refractivity contribution in [2.75, 3.05) is 11.9 Å². The van der Waals surface area contributed by atoms with E-state index in [0.717, 1.165) is 37.4 Å². The third kappa shape index (κ3) is 5.03. The minimum atomic E-state index is -0.822. The van der Waals surface area contributed by atoms with E-state index in [1.165, 1.54) is 15.3 Å². The third-order valence-corrected chi connectivity index (χ3v) is 5.14. The molecule has 1 saturated heterocycles. The molecule has 0 aromatic carbocycles. The molecule has 0 saturated carbocycles. The van der Waals surface area contributed by atoms with E-state index < -0.39 is 24.1 Å². The van der Waals surface area contributed by atoms with Crippen LogP contribution in [0.3, 0.4) is 0 Å². The van der Waals surface area contributed by atoms with Gasteiger partial charge in [0.25, 0.3) is 5.56 Å². The minimum Gasteiger partial charge on any atom is -0.394 e. The Morgan fingerprint density at radius 1 is 1.24 bits per heavy atom. The average Bonchev–Trinajstić information content (AvgIpc) is 2.97. The number of rotatable bonds is 9. The number of alkyl halides is 1. The zero-order valence-electron chi connectivity index (χ0n) is 14.6. The van der Waals surface area contributed by atoms with Crippen LogP contribution in [0.5, 0.6) is 0 Å². The van der Waals surface area contributed by atoms with Gasteiger partial charge in [0.2, 0.25) is 0 Å². The van der Waals surface area contributed by atoms with E-state index in [1.54, 1.807) is 6.92 Å². The van der Waals surface area contributed by atoms with Crippen LogP contribution in [0.1, 0.15) is 50.3 Å². The second kappa shape index (κ2) is 9.66. The van der Waals surface area contributed by atoms with Crippen molar-refractivity contribution >= 4 is 15.9 Å². The highest BCUT2D eigenvalue weighted by molar-refractivity contribution is 9.09. The number of halogens is 1. The first kappa shape index (κ1) is 20.4. The van der Waals surface area contributed by atoms with Crippen LogP contribution in [0.2, 0.25) is 0 Å². The quantitative estimate of drug-likeness (QED) is 0.465. The number of unbranched alkanes of at least 4 members (excludes halogenated alkanes) is 4. The average molecular weight is 419 g/mol. The molecule has 7 nitrogen and oxygen atoms in total. The molecule has 0 amide bonds. The van der Waals surface area contributed by atoms with Gasteiger partial charge in [-0.2, -0.15) is 0 Å². The van der Waals surface area contributed by atoms with Crippen molar-refractivity contribution in [3.8, 4) is 0 Å². The summed E-state index contributed by atoms with van der Waals surface area (Å²) in [5.74, 6) is 0. The predicted octanol–water partition coefficient (Wildman–Crippen LogP) is 1.30. The molecule has 0 spiro atoms. The van der Waals surface area contributed by atoms with Gasteiger partial charge in [0.15, 0.2) is 0 Å². The summed E-state index contributed by atoms with van der Waals surface area (Å²) in [6, 6.07) is 0. The molecule has 0 radical (unpaired) electrons. The van der Waals surface area contributed by atoms with Gasteiger partial charge in [-0.05, 0) is 19.8 Å². The molecule has 3 unspecified atom stereocenters. The number of nitrogens with zero attached hydrogens (tertiary/aromatic N) is 2. The molecule has 1 aliphatic rings. The summed E-state index contributed by atoms with van der Waals surface area (Å²) < 4.78 is 8.17. The van der Waals surface area contributed by atoms with E-state index >= 15 is 0 Å². The highest BCUT2D eigenvalue weighted by atomic mass is 79.9. The molecule has 25 heavy (non-hydrogen) atoms. The maximum atomic E-state index is 12.7. The van der Waals surface area contributed by atoms with Gasteiger partial charge in [-0.15, -0.1) is 0 Å². The van der Waals surface area contributed by atoms with Crippen molar-refractivity contribution in [2.45, 2.75) is 70.4 Å². The molecular weight excluding hydrogens is 392 g/mol. The number of ether oxygens (including phenoxy) is 1. The molecule has 0 bridgehead atoms. The lowest BCUT2D eigenvalue weighted by molar-refractivity contribution is -0.0464. The Morgan fingerprint density at radius 3 is 2.56 bits per heavy atom. The fourth-order valence-corrected chi connectivity index (χ4v) is 3.50. The largest absolute Gasteiger partial charge is 0.394 e. The van der Waals surface area contributed by atoms with E-state index in [2.05, 4.69) is 15.9 Å². The van der Waals surface area contributed by atoms with Crippen LogP contribution in [0.25, 0.3) is 0 Å². The summed E-state index contributed by atoms with van der Waals surface area (Å²) in [6.45, 7) is 1.74. The van der Waals surface area contributed by atoms with Crippen molar-refractivity contribution in [1.29, 1.82) is 0 Å². The normalized spacial score (nSPS) is 23.3. The molecule has 0 aliphatic carbocycles. The van der Waals surface area contributed by atoms with E-state index in [4.69, 9.17) is 4.74 Å². The first-order chi connectivity index (χ1) is 12.0. The van der Waals surface area contributed by atoms with Gasteiger partial charge >= 0.3 is 5.69 Å². The lowest BCUT2D eigenvalue weighted by atomic mass is 10.1. The van der Waals surface area contributed by atoms with Crippen LogP contribution in [-0.4, -0.2) is 43.5 Å². The summed E-state index contributed by atoms with van der Waals surface area (Å²) in [5, 5.41) is 20.1. The second-order valence-corrected chi connectivity index (χ2v) is 7.32. The van der Waals surface area contributed by atoms with E-state index in [-0.39, 0.29) is 18.6 Å². The Hall–Kier alpha value is -0.960. The molecule has 1 fully saturated rings. The third-order valence-electron chi connectivity index (χ3n) is 4.58. The number of hydrogen-bond donors (Lipinski definition) is 2. The van der Waals surface area contributed by atoms with Crippen molar-refractivity contribution in [1.82, 2.24) is 9.13 Å². The first-order valence-corrected chi connectivity index (χ1v) is 9.94. The van der Waals surface area contributed by atoms with Crippen molar-refractivity contribution in [3.05, 3.63) is 32.6 Å². The highest BCUT2D eigenvalue weighted by Crippen LogP contribution is 2.27. The van der Waals surface area contributed by atoms with Crippen LogP contribution in [0, 0.1) is 6.92 Å². The smallest absolute Gasteiger partial charge is 0.333 e. The van der Waals surface area contributed by atoms with Crippen molar-refractivity contribution < 1.29 is 14.9 Å². The number of hydrogen-bond acceptors (Lipinski definition) is 5. The minimum absolute atomic E-state index is 0.218. The second-order valence-electron chi connectivity index (χ2n) is 6.53. The Bertz CT molecular complexity index is 672. The van der Waals surface area contributed by atoms with Gasteiger partial charge < -0.3 is 14.9 Å². The van der Waals surface area contributed by atoms with Crippen molar-refractivity contribution in [2.24, 2.45) is 0 Å². The maximum Gasteiger partial charge on any atom is 0.333 e. The lowest BCUT2D eigenvalue weighted by Crippen LogP contribution is -2.42. The number of aliphatic hydroxyl groups excluding tert-OH is 2. The number of aryl methyl sites for hydroxylation is 1. The van der Waals surface area contributed by atoms with E-state index in [9.17, 15) is 19.8 Å². The summed E-state index contributed by atoms with van der Waals surface area (Å²) in [4.78, 5) is 25.0. The van der Waals surface area contributed by atoms with Crippen LogP contribution >= 0.6 is 15.9 Å². The van der Waals surface area contributed by atoms with Gasteiger partial charge in [-0.1, -0.05) is 35.2 Å². The van der Waals surface area contributed by atoms with E-state index in [0.29, 0.717) is 12.1 Å².